The summed E-state index contributed by atoms with van der Waals surface area (Å²) < 4.78 is 39.3. The zero-order valence-corrected chi connectivity index (χ0v) is 58.9. The van der Waals surface area contributed by atoms with Crippen LogP contribution in [0.1, 0.15) is 61.6 Å². The second kappa shape index (κ2) is 32.3. The fraction of sp³-hybridized carbons (Fsp3) is 0.324. The number of fused-ring (bicyclic) bond motifs is 8. The fourth-order valence-electron chi connectivity index (χ4n) is 11.9. The van der Waals surface area contributed by atoms with Crippen LogP contribution in [0.25, 0.3) is 5.57 Å². The van der Waals surface area contributed by atoms with Crippen molar-refractivity contribution in [3.63, 3.8) is 0 Å². The van der Waals surface area contributed by atoms with E-state index in [1.165, 1.54) is 124 Å². The first-order valence-corrected chi connectivity index (χ1v) is 36.4. The number of para-hydroxylation sites is 3. The van der Waals surface area contributed by atoms with Crippen LogP contribution in [0, 0.1) is 0 Å². The predicted molar refractivity (Wildman–Crippen MR) is 387 cm³/mol. The number of rotatable bonds is 15. The maximum Gasteiger partial charge on any atom is 0.416 e. The number of likely N-dealkylation sites (tertiary alicyclic amines) is 1. The predicted octanol–water partition coefficient (Wildman–Crippen LogP) is 21.2. The van der Waals surface area contributed by atoms with Crippen LogP contribution in [0.2, 0.25) is 10.0 Å². The van der Waals surface area contributed by atoms with Crippen molar-refractivity contribution in [2.24, 2.45) is 0 Å². The molecule has 5 aliphatic heterocycles. The molecule has 478 valence electrons. The highest BCUT2D eigenvalue weighted by Crippen LogP contribution is 2.53. The van der Waals surface area contributed by atoms with Gasteiger partial charge in [0.25, 0.3) is 0 Å². The Morgan fingerprint density at radius 1 is 0.495 bits per heavy atom. The molecule has 17 heteroatoms. The molecule has 0 saturated carbocycles. The lowest BCUT2D eigenvalue weighted by atomic mass is 9.96. The molecule has 1 saturated heterocycles. The van der Waals surface area contributed by atoms with Crippen LogP contribution in [0.5, 0.6) is 0 Å². The summed E-state index contributed by atoms with van der Waals surface area (Å²) in [5.74, 6) is 0. The second-order valence-electron chi connectivity index (χ2n) is 24.0. The number of nitrogens with zero attached hydrogens (tertiary/aromatic N) is 7. The zero-order chi connectivity index (χ0) is 64.2. The van der Waals surface area contributed by atoms with Crippen LogP contribution in [0.15, 0.2) is 220 Å². The van der Waals surface area contributed by atoms with Gasteiger partial charge < -0.3 is 34.3 Å². The normalized spacial score (nSPS) is 15.8. The summed E-state index contributed by atoms with van der Waals surface area (Å²) >= 11 is 21.3. The molecule has 0 bridgehead atoms. The van der Waals surface area contributed by atoms with E-state index in [-0.39, 0.29) is 0 Å². The van der Waals surface area contributed by atoms with Crippen molar-refractivity contribution >= 4 is 122 Å². The highest BCUT2D eigenvalue weighted by molar-refractivity contribution is 8.00. The number of hydrogen-bond acceptors (Lipinski definition) is 12. The molecule has 1 fully saturated rings. The van der Waals surface area contributed by atoms with Gasteiger partial charge in [-0.05, 0) is 246 Å². The van der Waals surface area contributed by atoms with Crippen LogP contribution in [0.4, 0.5) is 47.3 Å². The quantitative estimate of drug-likeness (QED) is 0.0914. The van der Waals surface area contributed by atoms with Crippen molar-refractivity contribution < 1.29 is 13.2 Å². The molecule has 1 unspecified atom stereocenters. The van der Waals surface area contributed by atoms with E-state index in [0.29, 0.717) is 12.2 Å². The van der Waals surface area contributed by atoms with Crippen LogP contribution >= 0.6 is 82.0 Å². The van der Waals surface area contributed by atoms with Crippen LogP contribution in [-0.2, 0) is 6.18 Å². The molecule has 8 aromatic rings. The van der Waals surface area contributed by atoms with Crippen molar-refractivity contribution in [3.8, 4) is 0 Å². The SMILES string of the molecule is CN(C)CC/C=C1\c2ccccc2Sc2ccc(Cl)cc21.CN(C)CCCN1c2ccccc2Sc2ccc(C(F)(F)F)cc21.CN(C)CCCN1c2ccccc2Sc2ccc(Cl)cc21.CSc1ccc2c(c1)N(CCC1CCCCN1C)c1ccccc1S2. The Labute approximate surface area is 570 Å². The third-order valence-electron chi connectivity index (χ3n) is 16.5. The van der Waals surface area contributed by atoms with Gasteiger partial charge in [0.1, 0.15) is 0 Å². The van der Waals surface area contributed by atoms with Gasteiger partial charge in [-0.3, -0.25) is 0 Å². The van der Waals surface area contributed by atoms with Crippen molar-refractivity contribution in [3.05, 3.63) is 203 Å². The molecule has 91 heavy (non-hydrogen) atoms. The van der Waals surface area contributed by atoms with E-state index in [4.69, 9.17) is 23.2 Å². The summed E-state index contributed by atoms with van der Waals surface area (Å²) in [5, 5.41) is 1.60. The van der Waals surface area contributed by atoms with Crippen molar-refractivity contribution in [2.45, 2.75) is 101 Å². The number of thioether (sulfide) groups is 1. The van der Waals surface area contributed by atoms with Crippen molar-refractivity contribution in [2.75, 3.05) is 116 Å². The highest BCUT2D eigenvalue weighted by atomic mass is 35.5. The average Bonchev–Trinajstić information content (AvgIpc) is 1.33. The van der Waals surface area contributed by atoms with Gasteiger partial charge in [0.15, 0.2) is 0 Å². The molecular formula is C74H82Cl2F3N7S5. The van der Waals surface area contributed by atoms with Gasteiger partial charge >= 0.3 is 6.18 Å². The lowest BCUT2D eigenvalue weighted by molar-refractivity contribution is -0.137. The first kappa shape index (κ1) is 68.7. The van der Waals surface area contributed by atoms with Gasteiger partial charge in [-0.1, -0.05) is 137 Å². The summed E-state index contributed by atoms with van der Waals surface area (Å²) in [7, 11) is 14.7. The average molecular weight is 1360 g/mol. The lowest BCUT2D eigenvalue weighted by Gasteiger charge is -2.37. The maximum atomic E-state index is 13.1. The van der Waals surface area contributed by atoms with Gasteiger partial charge in [-0.2, -0.15) is 13.2 Å². The first-order chi connectivity index (χ1) is 43.9. The third-order valence-corrected chi connectivity index (χ3v) is 22.2. The number of alkyl halides is 3. The van der Waals surface area contributed by atoms with E-state index in [2.05, 4.69) is 192 Å². The smallest absolute Gasteiger partial charge is 0.340 e. The fourth-order valence-corrected chi connectivity index (χ4v) is 17.0. The first-order valence-electron chi connectivity index (χ1n) is 31.2. The van der Waals surface area contributed by atoms with E-state index in [9.17, 15) is 13.2 Å². The molecule has 5 aliphatic rings. The zero-order valence-electron chi connectivity index (χ0n) is 53.3. The van der Waals surface area contributed by atoms with Gasteiger partial charge in [0.2, 0.25) is 0 Å². The maximum absolute atomic E-state index is 13.1. The molecule has 1 atom stereocenters. The Hall–Kier alpha value is -5.14. The minimum atomic E-state index is -4.33. The van der Waals surface area contributed by atoms with Crippen LogP contribution < -0.4 is 14.7 Å². The van der Waals surface area contributed by atoms with Gasteiger partial charge in [0.05, 0.1) is 39.7 Å². The molecule has 13 rings (SSSR count). The van der Waals surface area contributed by atoms with E-state index in [0.717, 1.165) is 89.6 Å². The molecule has 0 aromatic heterocycles. The summed E-state index contributed by atoms with van der Waals surface area (Å²) in [4.78, 5) is 27.3. The monoisotopic (exact) mass is 1360 g/mol. The van der Waals surface area contributed by atoms with Crippen molar-refractivity contribution in [1.29, 1.82) is 0 Å². The number of halogens is 5. The minimum absolute atomic E-state index is 0.598. The highest BCUT2D eigenvalue weighted by Gasteiger charge is 2.34. The van der Waals surface area contributed by atoms with E-state index < -0.39 is 11.7 Å². The van der Waals surface area contributed by atoms with Gasteiger partial charge in [-0.15, -0.1) is 11.8 Å². The standard InChI is InChI=1S/C21H26N2S2.C18H18ClNS.C18H19F3N2S.C17H19ClN2S/c1-22-13-6-5-7-16(22)12-14-23-18-8-3-4-9-20(18)25-21-11-10-17(24-2)15-19(21)23;1-20(2)11-5-7-14-15-6-3-4-8-17(15)21-18-10-9-13(19)12-16(14)18;1-22(2)10-5-11-23-14-6-3-4-7-16(14)24-17-9-8-13(12-15(17)23)18(19,20)21;1-19(2)10-5-11-20-14-6-3-4-7-16(14)21-17-9-8-13(18)12-15(17)20/h3-4,8-11,15-16H,5-7,12-14H2,1-2H3;3-4,6-10,12H,5,11H2,1-2H3;3-4,6-9,12H,5,10-11H2,1-2H3;3-4,6-9,12H,5,10-11H2,1-2H3/b;14-7+;;. The Balaban J connectivity index is 0.000000134. The molecule has 0 spiro atoms. The summed E-state index contributed by atoms with van der Waals surface area (Å²) in [5.41, 5.74) is 10.2. The number of piperidine rings is 1. The van der Waals surface area contributed by atoms with Crippen LogP contribution in [-0.4, -0.2) is 127 Å². The lowest BCUT2D eigenvalue weighted by Crippen LogP contribution is -2.38. The summed E-state index contributed by atoms with van der Waals surface area (Å²) in [6.07, 6.45) is 8.53. The number of hydrogen-bond donors (Lipinski definition) is 0. The molecule has 5 heterocycles. The summed E-state index contributed by atoms with van der Waals surface area (Å²) in [6, 6.07) is 57.9. The van der Waals surface area contributed by atoms with Crippen LogP contribution in [0.3, 0.4) is 0 Å². The molecule has 8 aromatic carbocycles. The Morgan fingerprint density at radius 2 is 0.945 bits per heavy atom. The minimum Gasteiger partial charge on any atom is -0.340 e. The van der Waals surface area contributed by atoms with Crippen molar-refractivity contribution in [1.82, 2.24) is 19.6 Å². The van der Waals surface area contributed by atoms with E-state index >= 15 is 0 Å². The number of benzene rings is 8. The Morgan fingerprint density at radius 3 is 1.49 bits per heavy atom. The molecular weight excluding hydrogens is 1280 g/mol. The van der Waals surface area contributed by atoms with E-state index in [1.54, 1.807) is 6.07 Å². The molecule has 0 N–H and O–H groups in total. The third kappa shape index (κ3) is 17.8. The van der Waals surface area contributed by atoms with Gasteiger partial charge in [0, 0.05) is 86.3 Å². The molecule has 0 amide bonds. The molecule has 7 nitrogen and oxygen atoms in total. The topological polar surface area (TPSA) is 22.7 Å². The second-order valence-corrected chi connectivity index (χ2v) is 30.1. The molecule has 0 radical (unpaired) electrons. The van der Waals surface area contributed by atoms with E-state index in [1.807, 2.05) is 102 Å². The van der Waals surface area contributed by atoms with Gasteiger partial charge in [-0.25, -0.2) is 0 Å². The number of anilines is 6. The largest absolute Gasteiger partial charge is 0.416 e. The Kier molecular flexibility index (Phi) is 24.4. The molecule has 0 aliphatic carbocycles. The Bertz CT molecular complexity index is 3790. The summed E-state index contributed by atoms with van der Waals surface area (Å²) in [6.45, 7) is 7.06.